The summed E-state index contributed by atoms with van der Waals surface area (Å²) in [5.41, 5.74) is 6.17. The van der Waals surface area contributed by atoms with Gasteiger partial charge in [-0.1, -0.05) is 18.2 Å². The monoisotopic (exact) mass is 281 g/mol. The Bertz CT molecular complexity index is 953. The highest BCUT2D eigenvalue weighted by molar-refractivity contribution is 5.87. The maximum Gasteiger partial charge on any atom is 0.175 e. The number of rotatable bonds is 2. The lowest BCUT2D eigenvalue weighted by molar-refractivity contribution is 0.607. The molecule has 2 N–H and O–H groups in total. The van der Waals surface area contributed by atoms with E-state index in [1.54, 1.807) is 28.4 Å². The standard InChI is InChI=1S/C15H12FN5/c1-9-3-2-4-10-7-11(18-15(9)10)12-8-17-14-6-5-13(19-16)20-21(12)14/h2-8,18H,1H3,(H,19,20). The minimum Gasteiger partial charge on any atom is -0.353 e. The quantitative estimate of drug-likeness (QED) is 0.553. The highest BCUT2D eigenvalue weighted by atomic mass is 19.2. The van der Waals surface area contributed by atoms with Crippen LogP contribution in [0.25, 0.3) is 27.9 Å². The van der Waals surface area contributed by atoms with E-state index in [-0.39, 0.29) is 5.82 Å². The van der Waals surface area contributed by atoms with Crippen LogP contribution in [0.2, 0.25) is 0 Å². The minimum atomic E-state index is 0.147. The molecule has 21 heavy (non-hydrogen) atoms. The van der Waals surface area contributed by atoms with E-state index < -0.39 is 0 Å². The van der Waals surface area contributed by atoms with E-state index in [9.17, 15) is 4.48 Å². The molecule has 1 aromatic carbocycles. The van der Waals surface area contributed by atoms with Gasteiger partial charge in [0.1, 0.15) is 5.69 Å². The Kier molecular flexibility index (Phi) is 2.44. The summed E-state index contributed by atoms with van der Waals surface area (Å²) in [6.07, 6.45) is 1.73. The maximum absolute atomic E-state index is 12.6. The Morgan fingerprint density at radius 2 is 2.14 bits per heavy atom. The smallest absolute Gasteiger partial charge is 0.175 e. The van der Waals surface area contributed by atoms with Crippen LogP contribution in [0, 0.1) is 6.92 Å². The topological polar surface area (TPSA) is 58.0 Å². The van der Waals surface area contributed by atoms with Crippen LogP contribution in [0.3, 0.4) is 0 Å². The van der Waals surface area contributed by atoms with E-state index in [2.05, 4.69) is 28.1 Å². The molecule has 0 atom stereocenters. The molecule has 3 aromatic heterocycles. The van der Waals surface area contributed by atoms with Gasteiger partial charge < -0.3 is 4.98 Å². The van der Waals surface area contributed by atoms with Crippen molar-refractivity contribution in [3.63, 3.8) is 0 Å². The van der Waals surface area contributed by atoms with E-state index in [0.717, 1.165) is 22.3 Å². The van der Waals surface area contributed by atoms with E-state index in [1.165, 1.54) is 5.56 Å². The second-order valence-corrected chi connectivity index (χ2v) is 4.95. The van der Waals surface area contributed by atoms with Gasteiger partial charge in [0.15, 0.2) is 11.5 Å². The zero-order valence-electron chi connectivity index (χ0n) is 11.3. The Morgan fingerprint density at radius 3 is 2.95 bits per heavy atom. The predicted molar refractivity (Wildman–Crippen MR) is 79.7 cm³/mol. The molecule has 0 unspecified atom stereocenters. The van der Waals surface area contributed by atoms with Crippen LogP contribution in [0.1, 0.15) is 5.56 Å². The zero-order chi connectivity index (χ0) is 14.4. The molecule has 0 aliphatic rings. The van der Waals surface area contributed by atoms with Crippen molar-refractivity contribution < 1.29 is 4.48 Å². The molecule has 0 fully saturated rings. The SMILES string of the molecule is Cc1cccc2cc(-c3cnc4ccc(NF)nn34)[nH]c12. The van der Waals surface area contributed by atoms with Gasteiger partial charge >= 0.3 is 0 Å². The van der Waals surface area contributed by atoms with E-state index in [0.29, 0.717) is 5.65 Å². The fourth-order valence-corrected chi connectivity index (χ4v) is 2.55. The highest BCUT2D eigenvalue weighted by Gasteiger charge is 2.11. The summed E-state index contributed by atoms with van der Waals surface area (Å²) in [6.45, 7) is 2.06. The number of nitrogens with zero attached hydrogens (tertiary/aromatic N) is 3. The number of nitrogens with one attached hydrogen (secondary N) is 2. The number of hydrogen-bond acceptors (Lipinski definition) is 3. The molecular weight excluding hydrogens is 269 g/mol. The Balaban J connectivity index is 1.97. The molecule has 3 heterocycles. The largest absolute Gasteiger partial charge is 0.353 e. The summed E-state index contributed by atoms with van der Waals surface area (Å²) in [5, 5.41) is 5.30. The summed E-state index contributed by atoms with van der Waals surface area (Å²) in [7, 11) is 0. The lowest BCUT2D eigenvalue weighted by Crippen LogP contribution is -1.97. The first-order valence-corrected chi connectivity index (χ1v) is 6.56. The van der Waals surface area contributed by atoms with Crippen LogP contribution >= 0.6 is 0 Å². The molecule has 0 amide bonds. The molecular formula is C15H12FN5. The predicted octanol–water partition coefficient (Wildman–Crippen LogP) is 3.48. The Morgan fingerprint density at radius 1 is 1.24 bits per heavy atom. The fraction of sp³-hybridized carbons (Fsp3) is 0.0667. The lowest BCUT2D eigenvalue weighted by atomic mass is 10.2. The van der Waals surface area contributed by atoms with Crippen LogP contribution in [0.5, 0.6) is 0 Å². The molecule has 0 spiro atoms. The molecule has 0 saturated carbocycles. The molecule has 0 bridgehead atoms. The van der Waals surface area contributed by atoms with Gasteiger partial charge in [-0.3, -0.25) is 0 Å². The fourth-order valence-electron chi connectivity index (χ4n) is 2.55. The normalized spacial score (nSPS) is 11.3. The highest BCUT2D eigenvalue weighted by Crippen LogP contribution is 2.26. The molecule has 0 radical (unpaired) electrons. The first kappa shape index (κ1) is 11.9. The van der Waals surface area contributed by atoms with Crippen molar-refractivity contribution >= 4 is 22.4 Å². The average Bonchev–Trinajstić information content (AvgIpc) is 3.10. The van der Waals surface area contributed by atoms with Crippen LogP contribution in [0.15, 0.2) is 42.6 Å². The number of benzene rings is 1. The first-order chi connectivity index (χ1) is 10.3. The second kappa shape index (κ2) is 4.31. The van der Waals surface area contributed by atoms with Gasteiger partial charge in [0.2, 0.25) is 0 Å². The van der Waals surface area contributed by atoms with Crippen LogP contribution in [-0.4, -0.2) is 19.6 Å². The summed E-state index contributed by atoms with van der Waals surface area (Å²) in [6, 6.07) is 11.4. The molecule has 0 saturated heterocycles. The van der Waals surface area contributed by atoms with Crippen LogP contribution < -0.4 is 5.54 Å². The van der Waals surface area contributed by atoms with Gasteiger partial charge in [-0.25, -0.2) is 15.0 Å². The van der Waals surface area contributed by atoms with Gasteiger partial charge in [-0.2, -0.15) is 0 Å². The van der Waals surface area contributed by atoms with Crippen molar-refractivity contribution in [1.29, 1.82) is 0 Å². The minimum absolute atomic E-state index is 0.147. The van der Waals surface area contributed by atoms with E-state index in [4.69, 9.17) is 0 Å². The number of fused-ring (bicyclic) bond motifs is 2. The number of hydrogen-bond donors (Lipinski definition) is 2. The van der Waals surface area contributed by atoms with Crippen molar-refractivity contribution in [3.8, 4) is 11.4 Å². The van der Waals surface area contributed by atoms with Gasteiger partial charge in [0, 0.05) is 10.9 Å². The third kappa shape index (κ3) is 1.76. The molecule has 0 aliphatic carbocycles. The van der Waals surface area contributed by atoms with Crippen molar-refractivity contribution in [2.45, 2.75) is 6.92 Å². The van der Waals surface area contributed by atoms with Crippen LogP contribution in [0.4, 0.5) is 10.3 Å². The average molecular weight is 281 g/mol. The number of H-pyrrole nitrogens is 1. The summed E-state index contributed by atoms with van der Waals surface area (Å²) in [4.78, 5) is 7.67. The third-order valence-electron chi connectivity index (χ3n) is 3.60. The molecule has 0 aliphatic heterocycles. The van der Waals surface area contributed by atoms with E-state index in [1.807, 2.05) is 18.2 Å². The molecule has 5 nitrogen and oxygen atoms in total. The molecule has 6 heteroatoms. The summed E-state index contributed by atoms with van der Waals surface area (Å²) < 4.78 is 14.2. The van der Waals surface area contributed by atoms with Gasteiger partial charge in [-0.05, 0) is 30.7 Å². The number of anilines is 1. The van der Waals surface area contributed by atoms with Crippen LogP contribution in [-0.2, 0) is 0 Å². The number of para-hydroxylation sites is 1. The Hall–Kier alpha value is -2.89. The van der Waals surface area contributed by atoms with Crippen molar-refractivity contribution in [3.05, 3.63) is 48.2 Å². The maximum atomic E-state index is 12.6. The number of aromatic amines is 1. The number of aryl methyl sites for hydroxylation is 1. The number of aromatic nitrogens is 4. The summed E-state index contributed by atoms with van der Waals surface area (Å²) in [5.74, 6) is 0.147. The Labute approximate surface area is 119 Å². The number of imidazole rings is 1. The molecule has 104 valence electrons. The first-order valence-electron chi connectivity index (χ1n) is 6.56. The molecule has 4 rings (SSSR count). The van der Waals surface area contributed by atoms with Crippen molar-refractivity contribution in [1.82, 2.24) is 19.6 Å². The van der Waals surface area contributed by atoms with Gasteiger partial charge in [-0.15, -0.1) is 9.58 Å². The number of halogens is 1. The summed E-state index contributed by atoms with van der Waals surface area (Å²) >= 11 is 0. The van der Waals surface area contributed by atoms with Gasteiger partial charge in [0.25, 0.3) is 0 Å². The van der Waals surface area contributed by atoms with Crippen molar-refractivity contribution in [2.24, 2.45) is 0 Å². The van der Waals surface area contributed by atoms with Crippen molar-refractivity contribution in [2.75, 3.05) is 5.54 Å². The van der Waals surface area contributed by atoms with Gasteiger partial charge in [0.05, 0.1) is 11.9 Å². The zero-order valence-corrected chi connectivity index (χ0v) is 11.3. The molecule has 4 aromatic rings. The lowest BCUT2D eigenvalue weighted by Gasteiger charge is -2.00. The third-order valence-corrected chi connectivity index (χ3v) is 3.60. The van der Waals surface area contributed by atoms with E-state index >= 15 is 0 Å². The second-order valence-electron chi connectivity index (χ2n) is 4.95.